The number of fused-ring (bicyclic) bond motifs is 1. The molecule has 0 aliphatic rings. The summed E-state index contributed by atoms with van der Waals surface area (Å²) < 4.78 is 2.93. The van der Waals surface area contributed by atoms with Gasteiger partial charge in [0.05, 0.1) is 5.75 Å². The highest BCUT2D eigenvalue weighted by atomic mass is 79.9. The van der Waals surface area contributed by atoms with Gasteiger partial charge in [-0.15, -0.1) is 10.2 Å². The van der Waals surface area contributed by atoms with E-state index in [1.807, 2.05) is 48.0 Å². The Morgan fingerprint density at radius 1 is 1.03 bits per heavy atom. The zero-order valence-corrected chi connectivity index (χ0v) is 18.2. The highest BCUT2D eigenvalue weighted by molar-refractivity contribution is 9.10. The fraction of sp³-hybridized carbons (Fsp3) is 0.136. The fourth-order valence-corrected chi connectivity index (χ4v) is 4.10. The van der Waals surface area contributed by atoms with E-state index in [9.17, 15) is 4.79 Å². The minimum Gasteiger partial charge on any atom is -0.325 e. The zero-order chi connectivity index (χ0) is 20.2. The van der Waals surface area contributed by atoms with Crippen LogP contribution in [0.4, 0.5) is 5.69 Å². The predicted octanol–water partition coefficient (Wildman–Crippen LogP) is 5.05. The molecular weight excluding hydrogens is 448 g/mol. The summed E-state index contributed by atoms with van der Waals surface area (Å²) >= 11 is 4.77. The maximum atomic E-state index is 12.2. The van der Waals surface area contributed by atoms with Crippen LogP contribution >= 0.6 is 27.7 Å². The number of aromatic nitrogens is 3. The standard InChI is InChI=1S/C22H19BrN4OS/c1-27-20(13-16-7-4-6-15-5-2-3-8-19(15)16)25-26-22(27)29-14-21(28)24-18-11-9-17(23)10-12-18/h2-12H,13-14H2,1H3,(H,24,28). The van der Waals surface area contributed by atoms with Crippen LogP contribution in [0.3, 0.4) is 0 Å². The third-order valence-corrected chi connectivity index (χ3v) is 6.16. The van der Waals surface area contributed by atoms with Crippen molar-refractivity contribution in [3.05, 3.63) is 82.6 Å². The highest BCUT2D eigenvalue weighted by Crippen LogP contribution is 2.23. The average Bonchev–Trinajstić information content (AvgIpc) is 3.08. The number of nitrogens with one attached hydrogen (secondary N) is 1. The molecule has 0 aliphatic heterocycles. The van der Waals surface area contributed by atoms with E-state index >= 15 is 0 Å². The molecule has 0 bridgehead atoms. The number of amides is 1. The summed E-state index contributed by atoms with van der Waals surface area (Å²) in [5, 5.41) is 14.7. The van der Waals surface area contributed by atoms with Gasteiger partial charge in [-0.2, -0.15) is 0 Å². The monoisotopic (exact) mass is 466 g/mol. The van der Waals surface area contributed by atoms with Crippen molar-refractivity contribution in [3.8, 4) is 0 Å². The van der Waals surface area contributed by atoms with Crippen molar-refractivity contribution in [2.24, 2.45) is 7.05 Å². The number of thioether (sulfide) groups is 1. The number of carbonyl (C=O) groups is 1. The summed E-state index contributed by atoms with van der Waals surface area (Å²) in [4.78, 5) is 12.2. The van der Waals surface area contributed by atoms with Crippen LogP contribution in [0.2, 0.25) is 0 Å². The lowest BCUT2D eigenvalue weighted by Crippen LogP contribution is -2.14. The van der Waals surface area contributed by atoms with Crippen LogP contribution in [-0.4, -0.2) is 26.4 Å². The molecular formula is C22H19BrN4OS. The van der Waals surface area contributed by atoms with Gasteiger partial charge in [-0.05, 0) is 40.6 Å². The van der Waals surface area contributed by atoms with Crippen LogP contribution in [0.15, 0.2) is 76.4 Å². The SMILES string of the molecule is Cn1c(Cc2cccc3ccccc23)nnc1SCC(=O)Nc1ccc(Br)cc1. The molecule has 3 aromatic carbocycles. The molecule has 0 fully saturated rings. The summed E-state index contributed by atoms with van der Waals surface area (Å²) in [6.07, 6.45) is 0.691. The summed E-state index contributed by atoms with van der Waals surface area (Å²) in [5.74, 6) is 1.07. The van der Waals surface area contributed by atoms with Gasteiger partial charge in [-0.25, -0.2) is 0 Å². The van der Waals surface area contributed by atoms with E-state index in [1.165, 1.54) is 28.1 Å². The Hall–Kier alpha value is -2.64. The van der Waals surface area contributed by atoms with Crippen LogP contribution in [0, 0.1) is 0 Å². The maximum absolute atomic E-state index is 12.2. The third kappa shape index (κ3) is 4.68. The smallest absolute Gasteiger partial charge is 0.234 e. The Kier molecular flexibility index (Phi) is 5.97. The van der Waals surface area contributed by atoms with Crippen molar-refractivity contribution in [1.29, 1.82) is 0 Å². The Balaban J connectivity index is 1.42. The van der Waals surface area contributed by atoms with Crippen molar-refractivity contribution in [2.45, 2.75) is 11.6 Å². The van der Waals surface area contributed by atoms with Crippen molar-refractivity contribution < 1.29 is 4.79 Å². The molecule has 0 saturated carbocycles. The molecule has 4 aromatic rings. The second-order valence-electron chi connectivity index (χ2n) is 6.62. The summed E-state index contributed by atoms with van der Waals surface area (Å²) in [6.45, 7) is 0. The molecule has 0 aliphatic carbocycles. The molecule has 0 saturated heterocycles. The van der Waals surface area contributed by atoms with E-state index in [-0.39, 0.29) is 11.7 Å². The molecule has 0 atom stereocenters. The largest absolute Gasteiger partial charge is 0.325 e. The molecule has 1 aromatic heterocycles. The molecule has 0 spiro atoms. The van der Waals surface area contributed by atoms with E-state index in [0.717, 1.165) is 21.1 Å². The van der Waals surface area contributed by atoms with E-state index in [1.54, 1.807) is 0 Å². The number of carbonyl (C=O) groups excluding carboxylic acids is 1. The van der Waals surface area contributed by atoms with Crippen LogP contribution < -0.4 is 5.32 Å². The Morgan fingerprint density at radius 3 is 2.62 bits per heavy atom. The Labute approximate surface area is 181 Å². The van der Waals surface area contributed by atoms with Gasteiger partial charge in [0, 0.05) is 23.6 Å². The van der Waals surface area contributed by atoms with Gasteiger partial charge in [0.25, 0.3) is 0 Å². The lowest BCUT2D eigenvalue weighted by Gasteiger charge is -2.07. The van der Waals surface area contributed by atoms with Crippen molar-refractivity contribution >= 4 is 50.1 Å². The van der Waals surface area contributed by atoms with Crippen molar-refractivity contribution in [1.82, 2.24) is 14.8 Å². The number of nitrogens with zero attached hydrogens (tertiary/aromatic N) is 3. The molecule has 1 heterocycles. The molecule has 1 amide bonds. The molecule has 5 nitrogen and oxygen atoms in total. The highest BCUT2D eigenvalue weighted by Gasteiger charge is 2.13. The Bertz CT molecular complexity index is 1150. The first-order chi connectivity index (χ1) is 14.1. The fourth-order valence-electron chi connectivity index (χ4n) is 3.10. The number of anilines is 1. The molecule has 0 radical (unpaired) electrons. The lowest BCUT2D eigenvalue weighted by molar-refractivity contribution is -0.113. The van der Waals surface area contributed by atoms with E-state index in [0.29, 0.717) is 6.42 Å². The van der Waals surface area contributed by atoms with Crippen LogP contribution in [0.25, 0.3) is 10.8 Å². The van der Waals surface area contributed by atoms with Crippen LogP contribution in [-0.2, 0) is 18.3 Å². The Morgan fingerprint density at radius 2 is 1.79 bits per heavy atom. The minimum absolute atomic E-state index is 0.0732. The van der Waals surface area contributed by atoms with Gasteiger partial charge in [0.15, 0.2) is 5.16 Å². The number of halogens is 1. The molecule has 0 unspecified atom stereocenters. The van der Waals surface area contributed by atoms with Crippen molar-refractivity contribution in [3.63, 3.8) is 0 Å². The lowest BCUT2D eigenvalue weighted by atomic mass is 10.0. The zero-order valence-electron chi connectivity index (χ0n) is 15.8. The third-order valence-electron chi connectivity index (χ3n) is 4.61. The van der Waals surface area contributed by atoms with Crippen LogP contribution in [0.5, 0.6) is 0 Å². The van der Waals surface area contributed by atoms with E-state index < -0.39 is 0 Å². The van der Waals surface area contributed by atoms with Crippen LogP contribution in [0.1, 0.15) is 11.4 Å². The quantitative estimate of drug-likeness (QED) is 0.403. The summed E-state index contributed by atoms with van der Waals surface area (Å²) in [6, 6.07) is 22.1. The van der Waals surface area contributed by atoms with Gasteiger partial charge >= 0.3 is 0 Å². The molecule has 146 valence electrons. The first kappa shape index (κ1) is 19.7. The molecule has 4 rings (SSSR count). The minimum atomic E-state index is -0.0732. The number of hydrogen-bond acceptors (Lipinski definition) is 4. The van der Waals surface area contributed by atoms with E-state index in [2.05, 4.69) is 61.8 Å². The maximum Gasteiger partial charge on any atom is 0.234 e. The first-order valence-electron chi connectivity index (χ1n) is 9.13. The summed E-state index contributed by atoms with van der Waals surface area (Å²) in [7, 11) is 1.94. The van der Waals surface area contributed by atoms with E-state index in [4.69, 9.17) is 0 Å². The number of rotatable bonds is 6. The second-order valence-corrected chi connectivity index (χ2v) is 8.47. The first-order valence-corrected chi connectivity index (χ1v) is 10.9. The number of benzene rings is 3. The van der Waals surface area contributed by atoms with Gasteiger partial charge in [-0.3, -0.25) is 4.79 Å². The van der Waals surface area contributed by atoms with Crippen molar-refractivity contribution in [2.75, 3.05) is 11.1 Å². The molecule has 1 N–H and O–H groups in total. The van der Waals surface area contributed by atoms with Gasteiger partial charge in [-0.1, -0.05) is 70.2 Å². The van der Waals surface area contributed by atoms with Gasteiger partial charge in [0.2, 0.25) is 5.91 Å². The summed E-state index contributed by atoms with van der Waals surface area (Å²) in [5.41, 5.74) is 1.98. The number of hydrogen-bond donors (Lipinski definition) is 1. The normalized spacial score (nSPS) is 11.0. The molecule has 7 heteroatoms. The molecule has 29 heavy (non-hydrogen) atoms. The average molecular weight is 467 g/mol. The topological polar surface area (TPSA) is 59.8 Å². The van der Waals surface area contributed by atoms with Gasteiger partial charge < -0.3 is 9.88 Å². The van der Waals surface area contributed by atoms with Gasteiger partial charge in [0.1, 0.15) is 5.82 Å². The second kappa shape index (κ2) is 8.80. The predicted molar refractivity (Wildman–Crippen MR) is 121 cm³/mol.